The summed E-state index contributed by atoms with van der Waals surface area (Å²) >= 11 is 6.13. The summed E-state index contributed by atoms with van der Waals surface area (Å²) in [4.78, 5) is 0. The molecule has 1 N–H and O–H groups in total. The van der Waals surface area contributed by atoms with E-state index < -0.39 is 9.84 Å². The minimum absolute atomic E-state index is 0.273. The summed E-state index contributed by atoms with van der Waals surface area (Å²) in [6.07, 6.45) is 5.52. The zero-order chi connectivity index (χ0) is 11.3. The highest BCUT2D eigenvalue weighted by molar-refractivity contribution is 7.90. The van der Waals surface area contributed by atoms with E-state index in [9.17, 15) is 8.42 Å². The van der Waals surface area contributed by atoms with Gasteiger partial charge in [0.1, 0.15) is 9.84 Å². The molecule has 1 aliphatic rings. The molecule has 0 amide bonds. The van der Waals surface area contributed by atoms with Gasteiger partial charge < -0.3 is 5.32 Å². The molecule has 2 atom stereocenters. The maximum atomic E-state index is 10.9. The summed E-state index contributed by atoms with van der Waals surface area (Å²) < 4.78 is 21.7. The van der Waals surface area contributed by atoms with E-state index in [2.05, 4.69) is 5.32 Å². The fourth-order valence-corrected chi connectivity index (χ4v) is 3.01. The molecular weight excluding hydrogens is 234 g/mol. The van der Waals surface area contributed by atoms with Gasteiger partial charge >= 0.3 is 0 Å². The van der Waals surface area contributed by atoms with Crippen LogP contribution in [0.5, 0.6) is 0 Å². The van der Waals surface area contributed by atoms with Crippen molar-refractivity contribution in [1.29, 1.82) is 0 Å². The highest BCUT2D eigenvalue weighted by Gasteiger charge is 2.24. The van der Waals surface area contributed by atoms with Crippen molar-refractivity contribution in [3.63, 3.8) is 0 Å². The maximum Gasteiger partial charge on any atom is 0.147 e. The molecule has 1 fully saturated rings. The molecule has 0 spiro atoms. The van der Waals surface area contributed by atoms with Crippen LogP contribution in [0.25, 0.3) is 0 Å². The van der Waals surface area contributed by atoms with Crippen LogP contribution in [0.4, 0.5) is 0 Å². The van der Waals surface area contributed by atoms with E-state index in [-0.39, 0.29) is 5.75 Å². The van der Waals surface area contributed by atoms with Gasteiger partial charge in [-0.2, -0.15) is 0 Å². The molecule has 90 valence electrons. The molecule has 1 saturated carbocycles. The summed E-state index contributed by atoms with van der Waals surface area (Å²) in [6.45, 7) is 1.70. The normalized spacial score (nSPS) is 27.1. The summed E-state index contributed by atoms with van der Waals surface area (Å²) in [5, 5.41) is 3.59. The van der Waals surface area contributed by atoms with Crippen molar-refractivity contribution in [2.45, 2.75) is 31.1 Å². The third-order valence-electron chi connectivity index (χ3n) is 2.84. The summed E-state index contributed by atoms with van der Waals surface area (Å²) in [7, 11) is -2.80. The van der Waals surface area contributed by atoms with E-state index >= 15 is 0 Å². The molecule has 0 aliphatic heterocycles. The lowest BCUT2D eigenvalue weighted by atomic mass is 10.1. The van der Waals surface area contributed by atoms with Crippen LogP contribution < -0.4 is 5.32 Å². The van der Waals surface area contributed by atoms with Crippen LogP contribution in [0.2, 0.25) is 0 Å². The predicted molar refractivity (Wildman–Crippen MR) is 64.2 cm³/mol. The van der Waals surface area contributed by atoms with Crippen LogP contribution in [0.1, 0.15) is 25.7 Å². The molecule has 15 heavy (non-hydrogen) atoms. The molecule has 0 aromatic carbocycles. The minimum atomic E-state index is -2.80. The smallest absolute Gasteiger partial charge is 0.147 e. The van der Waals surface area contributed by atoms with Crippen molar-refractivity contribution in [2.75, 3.05) is 25.1 Å². The summed E-state index contributed by atoms with van der Waals surface area (Å²) in [6, 6.07) is 0. The lowest BCUT2D eigenvalue weighted by Gasteiger charge is -2.14. The summed E-state index contributed by atoms with van der Waals surface area (Å²) in [5.74, 6) is 0.847. The van der Waals surface area contributed by atoms with Gasteiger partial charge in [0.25, 0.3) is 0 Å². The highest BCUT2D eigenvalue weighted by atomic mass is 35.5. The number of hydrogen-bond donors (Lipinski definition) is 1. The SMILES string of the molecule is CS(=O)(=O)CCCNCC1CCCC1Cl. The van der Waals surface area contributed by atoms with Crippen molar-refractivity contribution >= 4 is 21.4 Å². The first-order chi connectivity index (χ1) is 6.99. The fraction of sp³-hybridized carbons (Fsp3) is 1.00. The topological polar surface area (TPSA) is 46.2 Å². The van der Waals surface area contributed by atoms with Gasteiger partial charge in [-0.3, -0.25) is 0 Å². The van der Waals surface area contributed by atoms with E-state index in [4.69, 9.17) is 11.6 Å². The number of rotatable bonds is 6. The average Bonchev–Trinajstić information content (AvgIpc) is 2.49. The van der Waals surface area contributed by atoms with E-state index in [1.807, 2.05) is 0 Å². The fourth-order valence-electron chi connectivity index (χ4n) is 1.97. The molecule has 0 aromatic heterocycles. The number of nitrogens with one attached hydrogen (secondary N) is 1. The molecular formula is C10H20ClNO2S. The van der Waals surface area contributed by atoms with Gasteiger partial charge in [0.15, 0.2) is 0 Å². The number of hydrogen-bond acceptors (Lipinski definition) is 3. The first-order valence-corrected chi connectivity index (χ1v) is 8.01. The van der Waals surface area contributed by atoms with Crippen molar-refractivity contribution in [3.05, 3.63) is 0 Å². The third-order valence-corrected chi connectivity index (χ3v) is 4.45. The minimum Gasteiger partial charge on any atom is -0.316 e. The van der Waals surface area contributed by atoms with Gasteiger partial charge in [-0.15, -0.1) is 11.6 Å². The Bertz CT molecular complexity index is 279. The standard InChI is InChI=1S/C10H20ClNO2S/c1-15(13,14)7-3-6-12-8-9-4-2-5-10(9)11/h9-10,12H,2-8H2,1H3. The second kappa shape index (κ2) is 6.06. The van der Waals surface area contributed by atoms with Gasteiger partial charge in [-0.1, -0.05) is 6.42 Å². The zero-order valence-electron chi connectivity index (χ0n) is 9.21. The Hall–Kier alpha value is 0.200. The molecule has 0 heterocycles. The van der Waals surface area contributed by atoms with E-state index in [0.717, 1.165) is 19.5 Å². The predicted octanol–water partition coefficient (Wildman–Crippen LogP) is 1.42. The van der Waals surface area contributed by atoms with E-state index in [1.165, 1.54) is 19.1 Å². The van der Waals surface area contributed by atoms with Crippen LogP contribution in [0.3, 0.4) is 0 Å². The lowest BCUT2D eigenvalue weighted by Crippen LogP contribution is -2.27. The maximum absolute atomic E-state index is 10.9. The van der Waals surface area contributed by atoms with Crippen LogP contribution >= 0.6 is 11.6 Å². The Morgan fingerprint density at radius 1 is 1.40 bits per heavy atom. The monoisotopic (exact) mass is 253 g/mol. The highest BCUT2D eigenvalue weighted by Crippen LogP contribution is 2.29. The second-order valence-electron chi connectivity index (χ2n) is 4.39. The van der Waals surface area contributed by atoms with Crippen molar-refractivity contribution in [2.24, 2.45) is 5.92 Å². The van der Waals surface area contributed by atoms with Crippen LogP contribution in [-0.2, 0) is 9.84 Å². The quantitative estimate of drug-likeness (QED) is 0.575. The van der Waals surface area contributed by atoms with Gasteiger partial charge in [0.2, 0.25) is 0 Å². The first-order valence-electron chi connectivity index (χ1n) is 5.51. The molecule has 0 aromatic rings. The average molecular weight is 254 g/mol. The van der Waals surface area contributed by atoms with Gasteiger partial charge in [0.05, 0.1) is 5.75 Å². The Balaban J connectivity index is 2.02. The second-order valence-corrected chi connectivity index (χ2v) is 7.21. The molecule has 2 unspecified atom stereocenters. The van der Waals surface area contributed by atoms with E-state index in [1.54, 1.807) is 0 Å². The van der Waals surface area contributed by atoms with Crippen LogP contribution in [0.15, 0.2) is 0 Å². The first kappa shape index (κ1) is 13.3. The van der Waals surface area contributed by atoms with Gasteiger partial charge in [0, 0.05) is 11.6 Å². The third kappa shape index (κ3) is 5.73. The van der Waals surface area contributed by atoms with Crippen molar-refractivity contribution in [1.82, 2.24) is 5.32 Å². The lowest BCUT2D eigenvalue weighted by molar-refractivity contribution is 0.493. The summed E-state index contributed by atoms with van der Waals surface area (Å²) in [5.41, 5.74) is 0. The van der Waals surface area contributed by atoms with E-state index in [0.29, 0.717) is 17.7 Å². The molecule has 0 bridgehead atoms. The van der Waals surface area contributed by atoms with Crippen LogP contribution in [-0.4, -0.2) is 38.9 Å². The van der Waals surface area contributed by atoms with Crippen molar-refractivity contribution < 1.29 is 8.42 Å². The molecule has 0 saturated heterocycles. The van der Waals surface area contributed by atoms with Crippen LogP contribution in [0, 0.1) is 5.92 Å². The largest absolute Gasteiger partial charge is 0.316 e. The Labute approximate surface area is 97.5 Å². The van der Waals surface area contributed by atoms with Crippen molar-refractivity contribution in [3.8, 4) is 0 Å². The van der Waals surface area contributed by atoms with Gasteiger partial charge in [-0.05, 0) is 38.3 Å². The van der Waals surface area contributed by atoms with Gasteiger partial charge in [-0.25, -0.2) is 8.42 Å². The Morgan fingerprint density at radius 2 is 2.13 bits per heavy atom. The molecule has 1 rings (SSSR count). The molecule has 3 nitrogen and oxygen atoms in total. The number of alkyl halides is 1. The Morgan fingerprint density at radius 3 is 2.67 bits per heavy atom. The molecule has 5 heteroatoms. The molecule has 1 aliphatic carbocycles. The Kier molecular flexibility index (Phi) is 5.36. The number of halogens is 1. The number of sulfone groups is 1. The zero-order valence-corrected chi connectivity index (χ0v) is 10.8. The molecule has 0 radical (unpaired) electrons.